The summed E-state index contributed by atoms with van der Waals surface area (Å²) in [6.45, 7) is 5.57. The van der Waals surface area contributed by atoms with Crippen LogP contribution in [0.5, 0.6) is 0 Å². The van der Waals surface area contributed by atoms with Crippen molar-refractivity contribution in [2.24, 2.45) is 0 Å². The molecule has 1 aromatic carbocycles. The molecule has 2 heterocycles. The number of hydrogen-bond donors (Lipinski definition) is 0. The first kappa shape index (κ1) is 14.3. The van der Waals surface area contributed by atoms with Gasteiger partial charge in [0.25, 0.3) is 0 Å². The Morgan fingerprint density at radius 2 is 2.30 bits per heavy atom. The Bertz CT molecular complexity index is 614. The third-order valence-electron chi connectivity index (χ3n) is 4.09. The molecular formula is C16H21ClN2S. The number of halogens is 1. The highest BCUT2D eigenvalue weighted by atomic mass is 35.5. The minimum absolute atomic E-state index is 0.346. The molecule has 1 aromatic heterocycles. The molecule has 1 aliphatic rings. The van der Waals surface area contributed by atoms with E-state index >= 15 is 0 Å². The van der Waals surface area contributed by atoms with Crippen molar-refractivity contribution in [2.75, 3.05) is 11.6 Å². The van der Waals surface area contributed by atoms with Crippen LogP contribution < -0.4 is 0 Å². The molecule has 0 amide bonds. The van der Waals surface area contributed by atoms with Crippen LogP contribution in [0.4, 0.5) is 0 Å². The second-order valence-corrected chi connectivity index (χ2v) is 8.01. The van der Waals surface area contributed by atoms with E-state index in [1.54, 1.807) is 0 Å². The third-order valence-corrected chi connectivity index (χ3v) is 5.81. The lowest BCUT2D eigenvalue weighted by molar-refractivity contribution is 0.507. The maximum absolute atomic E-state index is 5.96. The minimum Gasteiger partial charge on any atom is -0.327 e. The van der Waals surface area contributed by atoms with Crippen LogP contribution in [0, 0.1) is 6.92 Å². The lowest BCUT2D eigenvalue weighted by atomic mass is 10.1. The fourth-order valence-corrected chi connectivity index (χ4v) is 4.49. The minimum atomic E-state index is 0.346. The third kappa shape index (κ3) is 2.71. The molecule has 3 rings (SSSR count). The average Bonchev–Trinajstić information content (AvgIpc) is 2.97. The lowest BCUT2D eigenvalue weighted by Gasteiger charge is -2.24. The number of aromatic nitrogens is 2. The molecule has 2 aromatic rings. The molecule has 20 heavy (non-hydrogen) atoms. The first-order valence-electron chi connectivity index (χ1n) is 7.27. The number of aryl methyl sites for hydroxylation is 2. The van der Waals surface area contributed by atoms with Gasteiger partial charge in [0.2, 0.25) is 0 Å². The summed E-state index contributed by atoms with van der Waals surface area (Å²) in [6.07, 6.45) is 3.47. The average molecular weight is 309 g/mol. The molecule has 0 saturated carbocycles. The summed E-state index contributed by atoms with van der Waals surface area (Å²) in [4.78, 5) is 4.79. The Hall–Kier alpha value is -0.670. The summed E-state index contributed by atoms with van der Waals surface area (Å²) in [5, 5.41) is 0. The van der Waals surface area contributed by atoms with Crippen molar-refractivity contribution in [1.29, 1.82) is 0 Å². The van der Waals surface area contributed by atoms with E-state index in [0.717, 1.165) is 24.3 Å². The predicted octanol–water partition coefficient (Wildman–Crippen LogP) is 4.41. The van der Waals surface area contributed by atoms with Gasteiger partial charge in [0.1, 0.15) is 5.82 Å². The quantitative estimate of drug-likeness (QED) is 0.779. The Labute approximate surface area is 129 Å². The van der Waals surface area contributed by atoms with Gasteiger partial charge in [0.05, 0.1) is 11.0 Å². The first-order chi connectivity index (χ1) is 9.61. The van der Waals surface area contributed by atoms with E-state index in [1.165, 1.54) is 29.7 Å². The Balaban J connectivity index is 2.05. The van der Waals surface area contributed by atoms with Crippen molar-refractivity contribution < 1.29 is 0 Å². The molecule has 4 heteroatoms. The molecule has 1 unspecified atom stereocenters. The molecule has 0 radical (unpaired) electrons. The molecule has 0 aliphatic carbocycles. The van der Waals surface area contributed by atoms with E-state index < -0.39 is 0 Å². The smallest absolute Gasteiger partial charge is 0.111 e. The lowest BCUT2D eigenvalue weighted by Crippen LogP contribution is -2.25. The number of thioether (sulfide) groups is 1. The molecule has 1 atom stereocenters. The van der Waals surface area contributed by atoms with Gasteiger partial charge in [-0.3, -0.25) is 0 Å². The molecular weight excluding hydrogens is 288 g/mol. The SMILES string of the molecule is Cc1ccc2nc(CCCl)n(CC3(C)CCCS3)c2c1. The van der Waals surface area contributed by atoms with E-state index in [0.29, 0.717) is 10.6 Å². The predicted molar refractivity (Wildman–Crippen MR) is 89.0 cm³/mol. The number of alkyl halides is 1. The number of rotatable bonds is 4. The van der Waals surface area contributed by atoms with Crippen LogP contribution in [-0.2, 0) is 13.0 Å². The molecule has 1 saturated heterocycles. The molecule has 1 fully saturated rings. The molecule has 0 N–H and O–H groups in total. The summed E-state index contributed by atoms with van der Waals surface area (Å²) in [5.74, 6) is 3.05. The summed E-state index contributed by atoms with van der Waals surface area (Å²) in [5.41, 5.74) is 3.65. The van der Waals surface area contributed by atoms with Crippen LogP contribution >= 0.6 is 23.4 Å². The fourth-order valence-electron chi connectivity index (χ4n) is 3.03. The first-order valence-corrected chi connectivity index (χ1v) is 8.79. The van der Waals surface area contributed by atoms with Crippen LogP contribution in [0.2, 0.25) is 0 Å². The van der Waals surface area contributed by atoms with Gasteiger partial charge in [-0.25, -0.2) is 4.98 Å². The zero-order valence-electron chi connectivity index (χ0n) is 12.2. The van der Waals surface area contributed by atoms with Crippen molar-refractivity contribution in [3.05, 3.63) is 29.6 Å². The Kier molecular flexibility index (Phi) is 4.00. The molecule has 0 spiro atoms. The normalized spacial score (nSPS) is 22.8. The van der Waals surface area contributed by atoms with Gasteiger partial charge < -0.3 is 4.57 Å². The van der Waals surface area contributed by atoms with Crippen molar-refractivity contribution >= 4 is 34.4 Å². The van der Waals surface area contributed by atoms with Crippen LogP contribution in [0.25, 0.3) is 11.0 Å². The Morgan fingerprint density at radius 3 is 3.00 bits per heavy atom. The molecule has 108 valence electrons. The summed E-state index contributed by atoms with van der Waals surface area (Å²) in [7, 11) is 0. The molecule has 0 bridgehead atoms. The number of fused-ring (bicyclic) bond motifs is 1. The molecule has 2 nitrogen and oxygen atoms in total. The highest BCUT2D eigenvalue weighted by molar-refractivity contribution is 8.00. The van der Waals surface area contributed by atoms with Crippen molar-refractivity contribution in [3.63, 3.8) is 0 Å². The van der Waals surface area contributed by atoms with E-state index in [4.69, 9.17) is 16.6 Å². The van der Waals surface area contributed by atoms with Crippen molar-refractivity contribution in [1.82, 2.24) is 9.55 Å². The number of hydrogen-bond acceptors (Lipinski definition) is 2. The van der Waals surface area contributed by atoms with Crippen LogP contribution in [0.3, 0.4) is 0 Å². The summed E-state index contributed by atoms with van der Waals surface area (Å²) in [6, 6.07) is 6.52. The van der Waals surface area contributed by atoms with E-state index in [9.17, 15) is 0 Å². The van der Waals surface area contributed by atoms with Crippen LogP contribution in [-0.4, -0.2) is 25.9 Å². The van der Waals surface area contributed by atoms with Gasteiger partial charge >= 0.3 is 0 Å². The van der Waals surface area contributed by atoms with Crippen LogP contribution in [0.15, 0.2) is 18.2 Å². The fraction of sp³-hybridized carbons (Fsp3) is 0.562. The van der Waals surface area contributed by atoms with E-state index in [-0.39, 0.29) is 0 Å². The summed E-state index contributed by atoms with van der Waals surface area (Å²) < 4.78 is 2.75. The maximum atomic E-state index is 5.96. The second-order valence-electron chi connectivity index (χ2n) is 5.95. The number of benzene rings is 1. The monoisotopic (exact) mass is 308 g/mol. The largest absolute Gasteiger partial charge is 0.327 e. The second kappa shape index (κ2) is 5.61. The van der Waals surface area contributed by atoms with Crippen LogP contribution in [0.1, 0.15) is 31.2 Å². The van der Waals surface area contributed by atoms with Crippen molar-refractivity contribution in [3.8, 4) is 0 Å². The van der Waals surface area contributed by atoms with Gasteiger partial charge in [-0.05, 0) is 50.1 Å². The number of nitrogens with zero attached hydrogens (tertiary/aromatic N) is 2. The Morgan fingerprint density at radius 1 is 1.45 bits per heavy atom. The number of imidazole rings is 1. The zero-order valence-corrected chi connectivity index (χ0v) is 13.7. The summed E-state index contributed by atoms with van der Waals surface area (Å²) >= 11 is 8.06. The van der Waals surface area contributed by atoms with Gasteiger partial charge in [-0.15, -0.1) is 11.6 Å². The van der Waals surface area contributed by atoms with Gasteiger partial charge in [-0.2, -0.15) is 11.8 Å². The van der Waals surface area contributed by atoms with E-state index in [1.807, 2.05) is 0 Å². The van der Waals surface area contributed by atoms with E-state index in [2.05, 4.69) is 48.4 Å². The maximum Gasteiger partial charge on any atom is 0.111 e. The highest BCUT2D eigenvalue weighted by Gasteiger charge is 2.31. The zero-order chi connectivity index (χ0) is 14.2. The van der Waals surface area contributed by atoms with Crippen molar-refractivity contribution in [2.45, 2.75) is 44.4 Å². The standard InChI is InChI=1S/C16H21ClN2S/c1-12-4-5-13-14(10-12)19(15(18-13)6-8-17)11-16(2)7-3-9-20-16/h4-5,10H,3,6-9,11H2,1-2H3. The van der Waals surface area contributed by atoms with Gasteiger partial charge in [0, 0.05) is 23.6 Å². The highest BCUT2D eigenvalue weighted by Crippen LogP contribution is 2.40. The topological polar surface area (TPSA) is 17.8 Å². The van der Waals surface area contributed by atoms with Gasteiger partial charge in [0.15, 0.2) is 0 Å². The van der Waals surface area contributed by atoms with Gasteiger partial charge in [-0.1, -0.05) is 6.07 Å². The molecule has 1 aliphatic heterocycles.